The predicted octanol–water partition coefficient (Wildman–Crippen LogP) is 3.35. The van der Waals surface area contributed by atoms with Crippen LogP contribution in [-0.2, 0) is 14.8 Å². The van der Waals surface area contributed by atoms with Gasteiger partial charge in [0.05, 0.1) is 32.2 Å². The van der Waals surface area contributed by atoms with E-state index in [1.165, 1.54) is 20.3 Å². The Labute approximate surface area is 179 Å². The number of carbonyl (C=O) groups is 1. The van der Waals surface area contributed by atoms with E-state index in [0.29, 0.717) is 17.2 Å². The lowest BCUT2D eigenvalue weighted by atomic mass is 10.00. The molecule has 0 fully saturated rings. The van der Waals surface area contributed by atoms with Crippen molar-refractivity contribution in [3.05, 3.63) is 53.1 Å². The number of nitrogens with zero attached hydrogens (tertiary/aromatic N) is 1. The first-order valence-corrected chi connectivity index (χ1v) is 11.4. The molecular formula is C22H30N2O5S. The van der Waals surface area contributed by atoms with Gasteiger partial charge in [0.1, 0.15) is 6.04 Å². The standard InChI is InChI=1S/C22H30N2O5S/c1-14-8-10-19(15(2)12-14)16(3)23-22(25)17(4)24(30(7,26)27)18-9-11-20(28-5)21(13-18)29-6/h8-13,16-17H,1-7H3,(H,23,25). The Morgan fingerprint density at radius 3 is 2.17 bits per heavy atom. The molecule has 0 heterocycles. The number of benzene rings is 2. The average molecular weight is 435 g/mol. The molecule has 1 N–H and O–H groups in total. The number of anilines is 1. The molecule has 0 spiro atoms. The Morgan fingerprint density at radius 1 is 1.00 bits per heavy atom. The summed E-state index contributed by atoms with van der Waals surface area (Å²) in [5, 5.41) is 2.93. The normalized spacial score (nSPS) is 13.3. The van der Waals surface area contributed by atoms with Crippen LogP contribution in [0, 0.1) is 13.8 Å². The molecule has 0 bridgehead atoms. The van der Waals surface area contributed by atoms with Gasteiger partial charge in [0.2, 0.25) is 15.9 Å². The van der Waals surface area contributed by atoms with E-state index in [0.717, 1.165) is 27.3 Å². The van der Waals surface area contributed by atoms with E-state index in [-0.39, 0.29) is 6.04 Å². The number of aryl methyl sites for hydroxylation is 2. The highest BCUT2D eigenvalue weighted by Gasteiger charge is 2.30. The Morgan fingerprint density at radius 2 is 1.63 bits per heavy atom. The number of amides is 1. The van der Waals surface area contributed by atoms with Crippen LogP contribution in [0.1, 0.15) is 36.6 Å². The van der Waals surface area contributed by atoms with Crippen molar-refractivity contribution in [1.82, 2.24) is 5.32 Å². The van der Waals surface area contributed by atoms with Gasteiger partial charge in [-0.1, -0.05) is 23.8 Å². The lowest BCUT2D eigenvalue weighted by Crippen LogP contribution is -2.48. The zero-order chi connectivity index (χ0) is 22.6. The molecule has 2 aromatic carbocycles. The molecule has 2 rings (SSSR count). The van der Waals surface area contributed by atoms with Crippen LogP contribution in [0.5, 0.6) is 11.5 Å². The largest absolute Gasteiger partial charge is 0.493 e. The third kappa shape index (κ3) is 5.24. The van der Waals surface area contributed by atoms with Crippen LogP contribution in [0.3, 0.4) is 0 Å². The minimum Gasteiger partial charge on any atom is -0.493 e. The highest BCUT2D eigenvalue weighted by Crippen LogP contribution is 2.33. The summed E-state index contributed by atoms with van der Waals surface area (Å²) < 4.78 is 36.7. The van der Waals surface area contributed by atoms with E-state index in [9.17, 15) is 13.2 Å². The van der Waals surface area contributed by atoms with Crippen LogP contribution in [0.2, 0.25) is 0 Å². The molecule has 0 aliphatic heterocycles. The van der Waals surface area contributed by atoms with Crippen molar-refractivity contribution >= 4 is 21.6 Å². The average Bonchev–Trinajstić information content (AvgIpc) is 2.66. The van der Waals surface area contributed by atoms with Gasteiger partial charge < -0.3 is 14.8 Å². The molecule has 2 atom stereocenters. The molecular weight excluding hydrogens is 404 g/mol. The Hall–Kier alpha value is -2.74. The molecule has 30 heavy (non-hydrogen) atoms. The molecule has 0 aliphatic rings. The van der Waals surface area contributed by atoms with Crippen molar-refractivity contribution in [3.8, 4) is 11.5 Å². The Balaban J connectivity index is 2.33. The fraction of sp³-hybridized carbons (Fsp3) is 0.409. The van der Waals surface area contributed by atoms with Crippen molar-refractivity contribution in [1.29, 1.82) is 0 Å². The topological polar surface area (TPSA) is 84.9 Å². The number of hydrogen-bond acceptors (Lipinski definition) is 5. The summed E-state index contributed by atoms with van der Waals surface area (Å²) >= 11 is 0. The van der Waals surface area contributed by atoms with E-state index in [2.05, 4.69) is 5.32 Å². The van der Waals surface area contributed by atoms with Gasteiger partial charge >= 0.3 is 0 Å². The lowest BCUT2D eigenvalue weighted by molar-refractivity contribution is -0.122. The van der Waals surface area contributed by atoms with E-state index in [4.69, 9.17) is 9.47 Å². The van der Waals surface area contributed by atoms with Gasteiger partial charge in [-0.2, -0.15) is 0 Å². The van der Waals surface area contributed by atoms with Gasteiger partial charge in [0.25, 0.3) is 0 Å². The predicted molar refractivity (Wildman–Crippen MR) is 119 cm³/mol. The van der Waals surface area contributed by atoms with Gasteiger partial charge in [-0.05, 0) is 51.0 Å². The van der Waals surface area contributed by atoms with E-state index >= 15 is 0 Å². The second kappa shape index (κ2) is 9.38. The van der Waals surface area contributed by atoms with Crippen LogP contribution in [0.4, 0.5) is 5.69 Å². The fourth-order valence-electron chi connectivity index (χ4n) is 3.49. The lowest BCUT2D eigenvalue weighted by Gasteiger charge is -2.30. The number of rotatable bonds is 8. The summed E-state index contributed by atoms with van der Waals surface area (Å²) in [7, 11) is -0.782. The summed E-state index contributed by atoms with van der Waals surface area (Å²) in [4.78, 5) is 13.0. The summed E-state index contributed by atoms with van der Waals surface area (Å²) in [5.74, 6) is 0.442. The van der Waals surface area contributed by atoms with Crippen LogP contribution in [0.25, 0.3) is 0 Å². The number of sulfonamides is 1. The van der Waals surface area contributed by atoms with Crippen molar-refractivity contribution in [2.75, 3.05) is 24.8 Å². The van der Waals surface area contributed by atoms with Crippen molar-refractivity contribution < 1.29 is 22.7 Å². The maximum Gasteiger partial charge on any atom is 0.244 e. The molecule has 164 valence electrons. The van der Waals surface area contributed by atoms with E-state index in [1.807, 2.05) is 39.0 Å². The maximum atomic E-state index is 13.0. The quantitative estimate of drug-likeness (QED) is 0.689. The number of carbonyl (C=O) groups excluding carboxylic acids is 1. The second-order valence-electron chi connectivity index (χ2n) is 7.36. The van der Waals surface area contributed by atoms with Crippen molar-refractivity contribution in [2.24, 2.45) is 0 Å². The number of nitrogens with one attached hydrogen (secondary N) is 1. The van der Waals surface area contributed by atoms with Crippen LogP contribution in [-0.4, -0.2) is 40.8 Å². The smallest absolute Gasteiger partial charge is 0.244 e. The number of methoxy groups -OCH3 is 2. The van der Waals surface area contributed by atoms with Gasteiger partial charge in [0, 0.05) is 6.07 Å². The Bertz CT molecular complexity index is 1020. The van der Waals surface area contributed by atoms with Crippen LogP contribution >= 0.6 is 0 Å². The molecule has 0 saturated heterocycles. The first-order valence-electron chi connectivity index (χ1n) is 9.58. The highest BCUT2D eigenvalue weighted by molar-refractivity contribution is 7.92. The maximum absolute atomic E-state index is 13.0. The molecule has 2 unspecified atom stereocenters. The molecule has 0 saturated carbocycles. The van der Waals surface area contributed by atoms with Crippen molar-refractivity contribution in [2.45, 2.75) is 39.8 Å². The minimum absolute atomic E-state index is 0.271. The summed E-state index contributed by atoms with van der Waals surface area (Å²) in [5.41, 5.74) is 3.50. The van der Waals surface area contributed by atoms with Crippen molar-refractivity contribution in [3.63, 3.8) is 0 Å². The molecule has 0 aromatic heterocycles. The number of hydrogen-bond donors (Lipinski definition) is 1. The third-order valence-corrected chi connectivity index (χ3v) is 6.20. The first-order chi connectivity index (χ1) is 14.0. The first kappa shape index (κ1) is 23.5. The van der Waals surface area contributed by atoms with Gasteiger partial charge in [-0.15, -0.1) is 0 Å². The second-order valence-corrected chi connectivity index (χ2v) is 9.22. The highest BCUT2D eigenvalue weighted by atomic mass is 32.2. The molecule has 0 radical (unpaired) electrons. The molecule has 1 amide bonds. The molecule has 8 heteroatoms. The van der Waals surface area contributed by atoms with Gasteiger partial charge in [-0.25, -0.2) is 8.42 Å². The molecule has 2 aromatic rings. The van der Waals surface area contributed by atoms with E-state index < -0.39 is 22.0 Å². The SMILES string of the molecule is COc1ccc(N(C(C)C(=O)NC(C)c2ccc(C)cc2C)S(C)(=O)=O)cc1OC. The van der Waals surface area contributed by atoms with E-state index in [1.54, 1.807) is 19.1 Å². The van der Waals surface area contributed by atoms with Gasteiger partial charge in [-0.3, -0.25) is 9.10 Å². The number of ether oxygens (including phenoxy) is 2. The zero-order valence-corrected chi connectivity index (χ0v) is 19.3. The van der Waals surface area contributed by atoms with Crippen LogP contribution in [0.15, 0.2) is 36.4 Å². The third-order valence-electron chi connectivity index (χ3n) is 4.96. The minimum atomic E-state index is -3.74. The zero-order valence-electron chi connectivity index (χ0n) is 18.5. The monoisotopic (exact) mass is 434 g/mol. The molecule has 7 nitrogen and oxygen atoms in total. The fourth-order valence-corrected chi connectivity index (χ4v) is 4.66. The molecule has 0 aliphatic carbocycles. The summed E-state index contributed by atoms with van der Waals surface area (Å²) in [6, 6.07) is 9.50. The summed E-state index contributed by atoms with van der Waals surface area (Å²) in [6.45, 7) is 7.43. The summed E-state index contributed by atoms with van der Waals surface area (Å²) in [6.07, 6.45) is 1.07. The van der Waals surface area contributed by atoms with Gasteiger partial charge in [0.15, 0.2) is 11.5 Å². The Kier molecular flexibility index (Phi) is 7.36. The van der Waals surface area contributed by atoms with Crippen LogP contribution < -0.4 is 19.1 Å².